The second-order valence-corrected chi connectivity index (χ2v) is 10.4. The zero-order valence-corrected chi connectivity index (χ0v) is 23.3. The van der Waals surface area contributed by atoms with Crippen molar-refractivity contribution in [1.82, 2.24) is 9.97 Å². The predicted octanol–water partition coefficient (Wildman–Crippen LogP) is 8.39. The number of aromatic nitrogens is 2. The molecule has 2 aromatic heterocycles. The minimum atomic E-state index is -0.145. The normalized spacial score (nSPS) is 11.5. The fraction of sp³-hybridized carbons (Fsp3) is 0.111. The molecule has 0 saturated carbocycles. The van der Waals surface area contributed by atoms with Gasteiger partial charge in [-0.25, -0.2) is 0 Å². The third-order valence-corrected chi connectivity index (χ3v) is 7.83. The molecule has 42 heavy (non-hydrogen) atoms. The fourth-order valence-electron chi connectivity index (χ4n) is 5.45. The van der Waals surface area contributed by atoms with Crippen LogP contribution in [0.25, 0.3) is 43.6 Å². The highest BCUT2D eigenvalue weighted by Gasteiger charge is 2.15. The number of H-pyrrole nitrogens is 2. The van der Waals surface area contributed by atoms with Crippen molar-refractivity contribution in [2.75, 3.05) is 0 Å². The Bertz CT molecular complexity index is 2080. The summed E-state index contributed by atoms with van der Waals surface area (Å²) in [6.45, 7) is 4.21. The number of ether oxygens (including phenoxy) is 2. The van der Waals surface area contributed by atoms with E-state index in [1.165, 1.54) is 11.1 Å². The molecule has 0 saturated heterocycles. The van der Waals surface area contributed by atoms with Gasteiger partial charge in [-0.2, -0.15) is 0 Å². The molecule has 0 fully saturated rings. The van der Waals surface area contributed by atoms with Gasteiger partial charge in [0.1, 0.15) is 11.5 Å². The van der Waals surface area contributed by atoms with E-state index in [0.717, 1.165) is 12.8 Å². The van der Waals surface area contributed by atoms with Crippen LogP contribution in [0.2, 0.25) is 0 Å². The Morgan fingerprint density at radius 2 is 0.929 bits per heavy atom. The molecule has 0 atom stereocenters. The number of aromatic amines is 2. The molecule has 0 unspecified atom stereocenters. The Morgan fingerprint density at radius 3 is 1.31 bits per heavy atom. The molecule has 0 bridgehead atoms. The van der Waals surface area contributed by atoms with Crippen LogP contribution < -0.4 is 20.3 Å². The first-order valence-electron chi connectivity index (χ1n) is 14.1. The molecule has 0 aliphatic heterocycles. The maximum absolute atomic E-state index is 13.7. The zero-order valence-electron chi connectivity index (χ0n) is 23.3. The van der Waals surface area contributed by atoms with Gasteiger partial charge in [0.15, 0.2) is 22.4 Å². The van der Waals surface area contributed by atoms with Gasteiger partial charge in [-0.3, -0.25) is 9.59 Å². The number of pyridine rings is 2. The summed E-state index contributed by atoms with van der Waals surface area (Å²) in [4.78, 5) is 34.2. The van der Waals surface area contributed by atoms with Crippen LogP contribution in [0.1, 0.15) is 25.0 Å². The van der Waals surface area contributed by atoms with Crippen molar-refractivity contribution in [3.63, 3.8) is 0 Å². The van der Waals surface area contributed by atoms with Gasteiger partial charge in [-0.15, -0.1) is 0 Å². The van der Waals surface area contributed by atoms with Gasteiger partial charge in [0.05, 0.1) is 22.1 Å². The van der Waals surface area contributed by atoms with Crippen LogP contribution >= 0.6 is 0 Å². The molecule has 0 amide bonds. The molecule has 6 nitrogen and oxygen atoms in total. The lowest BCUT2D eigenvalue weighted by Crippen LogP contribution is -2.09. The molecule has 0 aliphatic carbocycles. The summed E-state index contributed by atoms with van der Waals surface area (Å²) in [6, 6.07) is 30.1. The minimum absolute atomic E-state index is 0.145. The minimum Gasteiger partial charge on any atom is -0.455 e. The van der Waals surface area contributed by atoms with Crippen LogP contribution in [0.4, 0.5) is 0 Å². The number of rotatable bonds is 6. The highest BCUT2D eigenvalue weighted by atomic mass is 16.5. The summed E-state index contributed by atoms with van der Waals surface area (Å²) in [5.41, 5.74) is 4.42. The Balaban J connectivity index is 1.37. The summed E-state index contributed by atoms with van der Waals surface area (Å²) in [5, 5.41) is 1.96. The summed E-state index contributed by atoms with van der Waals surface area (Å²) < 4.78 is 12.4. The Hall–Kier alpha value is -5.36. The summed E-state index contributed by atoms with van der Waals surface area (Å²) in [7, 11) is 0. The van der Waals surface area contributed by atoms with Gasteiger partial charge in [-0.05, 0) is 84.6 Å². The molecule has 7 rings (SSSR count). The molecule has 2 heterocycles. The molecule has 2 N–H and O–H groups in total. The smallest absolute Gasteiger partial charge is 0.197 e. The van der Waals surface area contributed by atoms with Crippen molar-refractivity contribution < 1.29 is 9.47 Å². The number of nitrogens with one attached hydrogen (secondary N) is 2. The topological polar surface area (TPSA) is 84.2 Å². The second-order valence-electron chi connectivity index (χ2n) is 10.4. The molecule has 6 heteroatoms. The highest BCUT2D eigenvalue weighted by molar-refractivity contribution is 6.04. The molecule has 0 aliphatic rings. The number of para-hydroxylation sites is 2. The molecule has 7 aromatic rings. The van der Waals surface area contributed by atoms with Gasteiger partial charge in [0.2, 0.25) is 0 Å². The van der Waals surface area contributed by atoms with Crippen LogP contribution in [0.3, 0.4) is 0 Å². The average molecular weight is 553 g/mol. The number of benzene rings is 5. The van der Waals surface area contributed by atoms with E-state index >= 15 is 0 Å². The monoisotopic (exact) mass is 552 g/mol. The van der Waals surface area contributed by atoms with Gasteiger partial charge in [0.25, 0.3) is 0 Å². The van der Waals surface area contributed by atoms with E-state index in [-0.39, 0.29) is 10.9 Å². The third-order valence-electron chi connectivity index (χ3n) is 7.83. The Labute approximate surface area is 241 Å². The van der Waals surface area contributed by atoms with Gasteiger partial charge < -0.3 is 19.4 Å². The molecule has 0 radical (unpaired) electrons. The van der Waals surface area contributed by atoms with Gasteiger partial charge in [0, 0.05) is 21.5 Å². The van der Waals surface area contributed by atoms with Gasteiger partial charge in [-0.1, -0.05) is 50.2 Å². The van der Waals surface area contributed by atoms with Crippen molar-refractivity contribution in [3.8, 4) is 23.0 Å². The molecule has 206 valence electrons. The average Bonchev–Trinajstić information content (AvgIpc) is 3.02. The van der Waals surface area contributed by atoms with E-state index < -0.39 is 0 Å². The largest absolute Gasteiger partial charge is 0.455 e. The lowest BCUT2D eigenvalue weighted by molar-refractivity contribution is 0.487. The SMILES string of the molecule is CCc1ccc(Oc2cccc3c(=O)c4cc5[nH]c6c(Oc7ccc(CC)cc7)cccc6c(=O)c5cc4[nH]c23)cc1. The highest BCUT2D eigenvalue weighted by Crippen LogP contribution is 2.32. The number of fused-ring (bicyclic) bond motifs is 4. The lowest BCUT2D eigenvalue weighted by atomic mass is 10.0. The van der Waals surface area contributed by atoms with Crippen molar-refractivity contribution in [2.24, 2.45) is 0 Å². The first kappa shape index (κ1) is 25.6. The van der Waals surface area contributed by atoms with E-state index in [9.17, 15) is 9.59 Å². The number of hydrogen-bond donors (Lipinski definition) is 2. The van der Waals surface area contributed by atoms with Gasteiger partial charge >= 0.3 is 0 Å². The Morgan fingerprint density at radius 1 is 0.524 bits per heavy atom. The van der Waals surface area contributed by atoms with Crippen molar-refractivity contribution >= 4 is 43.6 Å². The number of aryl methyl sites for hydroxylation is 2. The molecular formula is C36H28N2O4. The maximum atomic E-state index is 13.7. The lowest BCUT2D eigenvalue weighted by Gasteiger charge is -2.12. The summed E-state index contributed by atoms with van der Waals surface area (Å²) in [6.07, 6.45) is 1.88. The third kappa shape index (κ3) is 4.38. The van der Waals surface area contributed by atoms with Crippen LogP contribution in [-0.2, 0) is 12.8 Å². The summed E-state index contributed by atoms with van der Waals surface area (Å²) >= 11 is 0. The van der Waals surface area contributed by atoms with E-state index in [1.807, 2.05) is 72.8 Å². The van der Waals surface area contributed by atoms with E-state index in [4.69, 9.17) is 9.47 Å². The van der Waals surface area contributed by atoms with Crippen LogP contribution in [-0.4, -0.2) is 9.97 Å². The Kier molecular flexibility index (Phi) is 6.24. The molecule has 0 spiro atoms. The van der Waals surface area contributed by atoms with Crippen LogP contribution in [0, 0.1) is 0 Å². The van der Waals surface area contributed by atoms with E-state index in [1.54, 1.807) is 24.3 Å². The number of hydrogen-bond acceptors (Lipinski definition) is 4. The first-order chi connectivity index (χ1) is 20.5. The first-order valence-corrected chi connectivity index (χ1v) is 14.1. The van der Waals surface area contributed by atoms with Crippen molar-refractivity contribution in [2.45, 2.75) is 26.7 Å². The zero-order chi connectivity index (χ0) is 28.8. The standard InChI is InChI=1S/C36H28N2O4/c1-3-21-11-15-23(16-12-21)41-31-9-5-7-25-33(31)37-29-19-28-30(20-27(29)35(25)39)38-34-26(36(28)40)8-6-10-32(34)42-24-17-13-22(4-2)14-18-24/h5-20H,3-4H2,1-2H3,(H,37,39)(H,38,40). The van der Waals surface area contributed by atoms with Crippen molar-refractivity contribution in [3.05, 3.63) is 129 Å². The quantitative estimate of drug-likeness (QED) is 0.203. The summed E-state index contributed by atoms with van der Waals surface area (Å²) in [5.74, 6) is 2.44. The van der Waals surface area contributed by atoms with Crippen molar-refractivity contribution in [1.29, 1.82) is 0 Å². The van der Waals surface area contributed by atoms with Crippen LogP contribution in [0.5, 0.6) is 23.0 Å². The van der Waals surface area contributed by atoms with Crippen LogP contribution in [0.15, 0.2) is 107 Å². The van der Waals surface area contributed by atoms with E-state index in [0.29, 0.717) is 66.6 Å². The fourth-order valence-corrected chi connectivity index (χ4v) is 5.45. The van der Waals surface area contributed by atoms with E-state index in [2.05, 4.69) is 23.8 Å². The predicted molar refractivity (Wildman–Crippen MR) is 169 cm³/mol. The maximum Gasteiger partial charge on any atom is 0.197 e. The second kappa shape index (κ2) is 10.2. The molecule has 5 aromatic carbocycles. The molecular weight excluding hydrogens is 524 g/mol.